The Kier molecular flexibility index (Phi) is 11.7. The second-order valence-corrected chi connectivity index (χ2v) is 8.01. The van der Waals surface area contributed by atoms with E-state index in [1.165, 1.54) is 16.7 Å². The molecule has 0 amide bonds. The molecule has 0 bridgehead atoms. The smallest absolute Gasteiger partial charge is 0.191 e. The van der Waals surface area contributed by atoms with Gasteiger partial charge in [0, 0.05) is 20.1 Å². The molecule has 0 aliphatic heterocycles. The van der Waals surface area contributed by atoms with Crippen molar-refractivity contribution in [2.24, 2.45) is 4.99 Å². The summed E-state index contributed by atoms with van der Waals surface area (Å²) < 4.78 is 16.5. The normalized spacial score (nSPS) is 11.5. The summed E-state index contributed by atoms with van der Waals surface area (Å²) in [7, 11) is 5.07. The highest BCUT2D eigenvalue weighted by Gasteiger charge is 2.10. The predicted molar refractivity (Wildman–Crippen MR) is 138 cm³/mol. The number of methoxy groups -OCH3 is 2. The molecule has 2 aromatic carbocycles. The van der Waals surface area contributed by atoms with E-state index < -0.39 is 0 Å². The number of ether oxygens (including phenoxy) is 3. The van der Waals surface area contributed by atoms with Crippen LogP contribution in [0.2, 0.25) is 0 Å². The standard InChI is InChI=1S/C24H35N3O3.HI/c1-24(2,3)30-17-20-9-7-8-19(14-20)16-27-23(25-4)26-13-12-18-10-11-21(28-5)22(15-18)29-6;/h7-11,14-15H,12-13,16-17H2,1-6H3,(H2,25,26,27);1H. The van der Waals surface area contributed by atoms with Crippen LogP contribution < -0.4 is 20.1 Å². The highest BCUT2D eigenvalue weighted by atomic mass is 127. The van der Waals surface area contributed by atoms with E-state index in [2.05, 4.69) is 60.7 Å². The fraction of sp³-hybridized carbons (Fsp3) is 0.458. The minimum atomic E-state index is -0.145. The summed E-state index contributed by atoms with van der Waals surface area (Å²) in [5.74, 6) is 2.25. The van der Waals surface area contributed by atoms with Crippen molar-refractivity contribution in [3.63, 3.8) is 0 Å². The number of hydrogen-bond acceptors (Lipinski definition) is 4. The number of nitrogens with zero attached hydrogens (tertiary/aromatic N) is 1. The lowest BCUT2D eigenvalue weighted by Crippen LogP contribution is -2.37. The van der Waals surface area contributed by atoms with Gasteiger partial charge in [0.25, 0.3) is 0 Å². The average Bonchev–Trinajstić information content (AvgIpc) is 2.74. The Morgan fingerprint density at radius 1 is 0.903 bits per heavy atom. The number of guanidine groups is 1. The Labute approximate surface area is 203 Å². The minimum absolute atomic E-state index is 0. The van der Waals surface area contributed by atoms with E-state index in [1.54, 1.807) is 21.3 Å². The molecular weight excluding hydrogens is 505 g/mol. The molecule has 2 N–H and O–H groups in total. The first-order valence-corrected chi connectivity index (χ1v) is 10.2. The van der Waals surface area contributed by atoms with Gasteiger partial charge in [-0.3, -0.25) is 4.99 Å². The zero-order chi connectivity index (χ0) is 22.0. The Morgan fingerprint density at radius 2 is 1.61 bits per heavy atom. The zero-order valence-corrected chi connectivity index (χ0v) is 21.8. The lowest BCUT2D eigenvalue weighted by molar-refractivity contribution is -0.0149. The maximum absolute atomic E-state index is 5.87. The molecule has 7 heteroatoms. The molecule has 0 unspecified atom stereocenters. The maximum Gasteiger partial charge on any atom is 0.191 e. The largest absolute Gasteiger partial charge is 0.493 e. The van der Waals surface area contributed by atoms with E-state index in [0.29, 0.717) is 13.2 Å². The lowest BCUT2D eigenvalue weighted by Gasteiger charge is -2.19. The van der Waals surface area contributed by atoms with Crippen molar-refractivity contribution in [3.05, 3.63) is 59.2 Å². The molecule has 2 rings (SSSR count). The molecule has 31 heavy (non-hydrogen) atoms. The van der Waals surface area contributed by atoms with Crippen LogP contribution in [0.25, 0.3) is 0 Å². The Morgan fingerprint density at radius 3 is 2.26 bits per heavy atom. The van der Waals surface area contributed by atoms with E-state index in [4.69, 9.17) is 14.2 Å². The lowest BCUT2D eigenvalue weighted by atomic mass is 10.1. The van der Waals surface area contributed by atoms with Crippen LogP contribution in [0.1, 0.15) is 37.5 Å². The SMILES string of the molecule is CN=C(NCCc1ccc(OC)c(OC)c1)NCc1cccc(COC(C)(C)C)c1.I. The summed E-state index contributed by atoms with van der Waals surface area (Å²) in [5, 5.41) is 6.72. The van der Waals surface area contributed by atoms with Crippen molar-refractivity contribution >= 4 is 29.9 Å². The van der Waals surface area contributed by atoms with Gasteiger partial charge in [-0.15, -0.1) is 24.0 Å². The summed E-state index contributed by atoms with van der Waals surface area (Å²) in [4.78, 5) is 4.31. The van der Waals surface area contributed by atoms with Crippen molar-refractivity contribution in [2.45, 2.75) is 45.9 Å². The minimum Gasteiger partial charge on any atom is -0.493 e. The monoisotopic (exact) mass is 541 g/mol. The van der Waals surface area contributed by atoms with Crippen LogP contribution in [0, 0.1) is 0 Å². The fourth-order valence-electron chi connectivity index (χ4n) is 2.90. The predicted octanol–water partition coefficient (Wildman–Crippen LogP) is 4.54. The molecule has 0 aliphatic carbocycles. The summed E-state index contributed by atoms with van der Waals surface area (Å²) >= 11 is 0. The topological polar surface area (TPSA) is 64.1 Å². The molecule has 6 nitrogen and oxygen atoms in total. The second kappa shape index (κ2) is 13.4. The highest BCUT2D eigenvalue weighted by Crippen LogP contribution is 2.27. The quantitative estimate of drug-likeness (QED) is 0.277. The summed E-state index contributed by atoms with van der Waals surface area (Å²) in [6.07, 6.45) is 0.848. The highest BCUT2D eigenvalue weighted by molar-refractivity contribution is 14.0. The van der Waals surface area contributed by atoms with Gasteiger partial charge in [0.15, 0.2) is 17.5 Å². The number of rotatable bonds is 9. The van der Waals surface area contributed by atoms with Gasteiger partial charge in [-0.25, -0.2) is 0 Å². The van der Waals surface area contributed by atoms with Crippen LogP contribution >= 0.6 is 24.0 Å². The summed E-state index contributed by atoms with van der Waals surface area (Å²) in [6, 6.07) is 14.4. The Hall–Kier alpha value is -2.00. The van der Waals surface area contributed by atoms with Crippen LogP contribution in [0.15, 0.2) is 47.5 Å². The molecule has 0 fully saturated rings. The van der Waals surface area contributed by atoms with Crippen LogP contribution in [0.5, 0.6) is 11.5 Å². The maximum atomic E-state index is 5.87. The van der Waals surface area contributed by atoms with Crippen molar-refractivity contribution in [1.29, 1.82) is 0 Å². The fourth-order valence-corrected chi connectivity index (χ4v) is 2.90. The molecule has 0 saturated heterocycles. The first-order valence-electron chi connectivity index (χ1n) is 10.2. The van der Waals surface area contributed by atoms with Gasteiger partial charge < -0.3 is 24.8 Å². The second-order valence-electron chi connectivity index (χ2n) is 8.01. The first kappa shape index (κ1) is 27.0. The van der Waals surface area contributed by atoms with E-state index in [-0.39, 0.29) is 29.6 Å². The van der Waals surface area contributed by atoms with Gasteiger partial charge in [0.05, 0.1) is 26.4 Å². The number of nitrogens with one attached hydrogen (secondary N) is 2. The van der Waals surface area contributed by atoms with Gasteiger partial charge in [-0.05, 0) is 56.0 Å². The third-order valence-corrected chi connectivity index (χ3v) is 4.50. The average molecular weight is 541 g/mol. The van der Waals surface area contributed by atoms with Gasteiger partial charge in [0.1, 0.15) is 0 Å². The van der Waals surface area contributed by atoms with Gasteiger partial charge in [0.2, 0.25) is 0 Å². The molecule has 0 spiro atoms. The van der Waals surface area contributed by atoms with Crippen LogP contribution in [0.4, 0.5) is 0 Å². The third kappa shape index (κ3) is 9.78. The number of benzene rings is 2. The molecule has 0 atom stereocenters. The Balaban J connectivity index is 0.00000480. The summed E-state index contributed by atoms with van der Waals surface area (Å²) in [6.45, 7) is 8.26. The molecular formula is C24H36IN3O3. The summed E-state index contributed by atoms with van der Waals surface area (Å²) in [5.41, 5.74) is 3.38. The third-order valence-electron chi connectivity index (χ3n) is 4.50. The van der Waals surface area contributed by atoms with Crippen molar-refractivity contribution in [1.82, 2.24) is 10.6 Å². The molecule has 172 valence electrons. The molecule has 0 aromatic heterocycles. The zero-order valence-electron chi connectivity index (χ0n) is 19.5. The van der Waals surface area contributed by atoms with Crippen molar-refractivity contribution in [2.75, 3.05) is 27.8 Å². The molecule has 2 aromatic rings. The number of hydrogen-bond donors (Lipinski definition) is 2. The first-order chi connectivity index (χ1) is 14.3. The number of aliphatic imine (C=N–C) groups is 1. The molecule has 0 saturated carbocycles. The Bertz CT molecular complexity index is 835. The van der Waals surface area contributed by atoms with E-state index in [1.807, 2.05) is 18.2 Å². The van der Waals surface area contributed by atoms with E-state index in [9.17, 15) is 0 Å². The van der Waals surface area contributed by atoms with Gasteiger partial charge >= 0.3 is 0 Å². The van der Waals surface area contributed by atoms with Crippen LogP contribution in [-0.4, -0.2) is 39.4 Å². The van der Waals surface area contributed by atoms with E-state index in [0.717, 1.165) is 30.4 Å². The molecule has 0 radical (unpaired) electrons. The van der Waals surface area contributed by atoms with Gasteiger partial charge in [-0.1, -0.05) is 30.3 Å². The van der Waals surface area contributed by atoms with Crippen LogP contribution in [0.3, 0.4) is 0 Å². The number of halogens is 1. The van der Waals surface area contributed by atoms with Crippen LogP contribution in [-0.2, 0) is 24.3 Å². The molecule has 0 heterocycles. The van der Waals surface area contributed by atoms with Crippen molar-refractivity contribution < 1.29 is 14.2 Å². The van der Waals surface area contributed by atoms with Gasteiger partial charge in [-0.2, -0.15) is 0 Å². The van der Waals surface area contributed by atoms with E-state index >= 15 is 0 Å². The van der Waals surface area contributed by atoms with Crippen molar-refractivity contribution in [3.8, 4) is 11.5 Å². The molecule has 0 aliphatic rings.